The van der Waals surface area contributed by atoms with Gasteiger partial charge < -0.3 is 4.98 Å². The second-order valence-corrected chi connectivity index (χ2v) is 5.66. The smallest absolute Gasteiger partial charge is 0.332 e. The first-order chi connectivity index (χ1) is 9.18. The predicted octanol–water partition coefficient (Wildman–Crippen LogP) is 2.54. The van der Waals surface area contributed by atoms with Gasteiger partial charge in [0.15, 0.2) is 5.03 Å². The van der Waals surface area contributed by atoms with Crippen molar-refractivity contribution in [2.24, 2.45) is 0 Å². The van der Waals surface area contributed by atoms with Crippen LogP contribution in [0.5, 0.6) is 0 Å². The van der Waals surface area contributed by atoms with Crippen LogP contribution in [0.1, 0.15) is 11.4 Å². The molecule has 1 aromatic heterocycles. The number of nitrogens with one attached hydrogen (secondary N) is 2. The van der Waals surface area contributed by atoms with E-state index in [1.54, 1.807) is 6.92 Å². The molecule has 0 unspecified atom stereocenters. The van der Waals surface area contributed by atoms with Gasteiger partial charge in [0.1, 0.15) is 5.82 Å². The molecule has 0 saturated heterocycles. The predicted molar refractivity (Wildman–Crippen MR) is 65.6 cm³/mol. The Morgan fingerprint density at radius 3 is 2.25 bits per heavy atom. The van der Waals surface area contributed by atoms with Gasteiger partial charge in [-0.05, 0) is 31.2 Å². The summed E-state index contributed by atoms with van der Waals surface area (Å²) in [6.07, 6.45) is -3.33. The molecular weight excluding hydrogens is 295 g/mol. The zero-order valence-corrected chi connectivity index (χ0v) is 11.0. The van der Waals surface area contributed by atoms with Crippen molar-refractivity contribution in [3.05, 3.63) is 41.9 Å². The number of imidazole rings is 1. The van der Waals surface area contributed by atoms with E-state index in [1.165, 1.54) is 0 Å². The van der Waals surface area contributed by atoms with Gasteiger partial charge in [-0.3, -0.25) is 4.72 Å². The zero-order chi connectivity index (χ0) is 15.0. The first kappa shape index (κ1) is 14.4. The molecule has 0 fully saturated rings. The first-order valence-corrected chi connectivity index (χ1v) is 6.88. The van der Waals surface area contributed by atoms with Crippen LogP contribution in [0.15, 0.2) is 35.5 Å². The number of nitrogens with zero attached hydrogens (tertiary/aromatic N) is 1. The highest BCUT2D eigenvalue weighted by atomic mass is 32.2. The topological polar surface area (TPSA) is 74.8 Å². The van der Waals surface area contributed by atoms with Crippen LogP contribution in [-0.2, 0) is 16.2 Å². The molecule has 0 aliphatic rings. The Balaban J connectivity index is 2.22. The Bertz CT molecular complexity index is 705. The van der Waals surface area contributed by atoms with Crippen LogP contribution in [-0.4, -0.2) is 18.4 Å². The molecule has 0 saturated carbocycles. The van der Waals surface area contributed by atoms with Crippen LogP contribution >= 0.6 is 0 Å². The number of hydrogen-bond acceptors (Lipinski definition) is 3. The van der Waals surface area contributed by atoms with E-state index in [0.29, 0.717) is 5.82 Å². The molecule has 1 heterocycles. The molecule has 2 rings (SSSR count). The third kappa shape index (κ3) is 3.10. The molecule has 0 radical (unpaired) electrons. The van der Waals surface area contributed by atoms with Crippen LogP contribution in [0, 0.1) is 6.92 Å². The van der Waals surface area contributed by atoms with Gasteiger partial charge in [-0.1, -0.05) is 0 Å². The summed E-state index contributed by atoms with van der Waals surface area (Å²) < 4.78 is 63.1. The maximum atomic E-state index is 12.4. The largest absolute Gasteiger partial charge is 0.416 e. The lowest BCUT2D eigenvalue weighted by atomic mass is 10.2. The van der Waals surface area contributed by atoms with Crippen LogP contribution < -0.4 is 4.72 Å². The fourth-order valence-electron chi connectivity index (χ4n) is 1.47. The van der Waals surface area contributed by atoms with E-state index in [4.69, 9.17) is 0 Å². The molecule has 0 amide bonds. The number of H-pyrrole nitrogens is 1. The maximum Gasteiger partial charge on any atom is 0.416 e. The summed E-state index contributed by atoms with van der Waals surface area (Å²) in [6, 6.07) is 3.69. The summed E-state index contributed by atoms with van der Waals surface area (Å²) in [7, 11) is -3.89. The minimum absolute atomic E-state index is 0.0326. The molecule has 0 bridgehead atoms. The minimum atomic E-state index is -4.46. The van der Waals surface area contributed by atoms with Crippen molar-refractivity contribution < 1.29 is 21.6 Å². The van der Waals surface area contributed by atoms with Crippen molar-refractivity contribution in [1.82, 2.24) is 9.97 Å². The van der Waals surface area contributed by atoms with Gasteiger partial charge in [-0.2, -0.15) is 21.6 Å². The highest BCUT2D eigenvalue weighted by Crippen LogP contribution is 2.30. The molecule has 2 N–H and O–H groups in total. The average molecular weight is 305 g/mol. The molecule has 108 valence electrons. The van der Waals surface area contributed by atoms with E-state index < -0.39 is 21.8 Å². The molecule has 0 atom stereocenters. The summed E-state index contributed by atoms with van der Waals surface area (Å²) in [4.78, 5) is 6.28. The molecular formula is C11H10F3N3O2S. The van der Waals surface area contributed by atoms with Crippen molar-refractivity contribution in [3.8, 4) is 0 Å². The fourth-order valence-corrected chi connectivity index (χ4v) is 2.50. The van der Waals surface area contributed by atoms with E-state index >= 15 is 0 Å². The molecule has 20 heavy (non-hydrogen) atoms. The fraction of sp³-hybridized carbons (Fsp3) is 0.182. The Morgan fingerprint density at radius 1 is 1.20 bits per heavy atom. The quantitative estimate of drug-likeness (QED) is 0.915. The van der Waals surface area contributed by atoms with Gasteiger partial charge in [-0.25, -0.2) is 4.98 Å². The number of anilines is 1. The van der Waals surface area contributed by atoms with E-state index in [1.807, 2.05) is 0 Å². The molecule has 0 aliphatic heterocycles. The summed E-state index contributed by atoms with van der Waals surface area (Å²) in [5.41, 5.74) is -0.817. The molecule has 0 aliphatic carbocycles. The highest BCUT2D eigenvalue weighted by Gasteiger charge is 2.30. The summed E-state index contributed by atoms with van der Waals surface area (Å²) in [5, 5.41) is -0.158. The monoisotopic (exact) mass is 305 g/mol. The van der Waals surface area contributed by atoms with Gasteiger partial charge in [0.05, 0.1) is 11.8 Å². The van der Waals surface area contributed by atoms with Crippen molar-refractivity contribution in [3.63, 3.8) is 0 Å². The van der Waals surface area contributed by atoms with Gasteiger partial charge in [-0.15, -0.1) is 0 Å². The zero-order valence-electron chi connectivity index (χ0n) is 10.2. The standard InChI is InChI=1S/C11H10F3N3O2S/c1-7-15-6-10(16-7)20(18,19)17-9-4-2-8(3-5-9)11(12,13)14/h2-6,17H,1H3,(H,15,16). The van der Waals surface area contributed by atoms with Crippen molar-refractivity contribution in [2.45, 2.75) is 18.1 Å². The molecule has 2 aromatic rings. The Labute approximate surface area is 112 Å². The Hall–Kier alpha value is -2.03. The number of aromatic amines is 1. The molecule has 1 aromatic carbocycles. The summed E-state index contributed by atoms with van der Waals surface area (Å²) in [5.74, 6) is 0.415. The summed E-state index contributed by atoms with van der Waals surface area (Å²) in [6.45, 7) is 1.58. The summed E-state index contributed by atoms with van der Waals surface area (Å²) >= 11 is 0. The molecule has 0 spiro atoms. The van der Waals surface area contributed by atoms with Crippen LogP contribution in [0.3, 0.4) is 0 Å². The normalized spacial score (nSPS) is 12.4. The number of aryl methyl sites for hydroxylation is 1. The second kappa shape index (κ2) is 4.82. The average Bonchev–Trinajstić information content (AvgIpc) is 2.76. The maximum absolute atomic E-state index is 12.4. The number of benzene rings is 1. The molecule has 9 heteroatoms. The number of hydrogen-bond donors (Lipinski definition) is 2. The van der Waals surface area contributed by atoms with Crippen LogP contribution in [0.2, 0.25) is 0 Å². The third-order valence-electron chi connectivity index (χ3n) is 2.43. The van der Waals surface area contributed by atoms with E-state index in [0.717, 1.165) is 30.5 Å². The van der Waals surface area contributed by atoms with Gasteiger partial charge >= 0.3 is 6.18 Å². The van der Waals surface area contributed by atoms with Gasteiger partial charge in [0.2, 0.25) is 0 Å². The Kier molecular flexibility index (Phi) is 3.46. The second-order valence-electron chi connectivity index (χ2n) is 4.01. The lowest BCUT2D eigenvalue weighted by Gasteiger charge is -2.09. The van der Waals surface area contributed by atoms with Gasteiger partial charge in [0, 0.05) is 5.69 Å². The number of aromatic nitrogens is 2. The Morgan fingerprint density at radius 2 is 1.80 bits per heavy atom. The molecule has 5 nitrogen and oxygen atoms in total. The third-order valence-corrected chi connectivity index (χ3v) is 3.72. The van der Waals surface area contributed by atoms with Gasteiger partial charge in [0.25, 0.3) is 10.0 Å². The van der Waals surface area contributed by atoms with E-state index in [9.17, 15) is 21.6 Å². The minimum Gasteiger partial charge on any atom is -0.332 e. The van der Waals surface area contributed by atoms with Crippen molar-refractivity contribution >= 4 is 15.7 Å². The number of rotatable bonds is 3. The number of alkyl halides is 3. The van der Waals surface area contributed by atoms with Crippen LogP contribution in [0.25, 0.3) is 0 Å². The first-order valence-electron chi connectivity index (χ1n) is 5.40. The van der Waals surface area contributed by atoms with Crippen molar-refractivity contribution in [2.75, 3.05) is 4.72 Å². The van der Waals surface area contributed by atoms with E-state index in [2.05, 4.69) is 14.7 Å². The van der Waals surface area contributed by atoms with E-state index in [-0.39, 0.29) is 10.7 Å². The van der Waals surface area contributed by atoms with Crippen molar-refractivity contribution in [1.29, 1.82) is 0 Å². The number of halogens is 3. The highest BCUT2D eigenvalue weighted by molar-refractivity contribution is 7.92. The SMILES string of the molecule is Cc1ncc(S(=O)(=O)Nc2ccc(C(F)(F)F)cc2)[nH]1. The lowest BCUT2D eigenvalue weighted by molar-refractivity contribution is -0.137. The lowest BCUT2D eigenvalue weighted by Crippen LogP contribution is -2.13. The van der Waals surface area contributed by atoms with Crippen LogP contribution in [0.4, 0.5) is 18.9 Å². The number of sulfonamides is 1.